The molecule has 1 fully saturated rings. The molecule has 0 radical (unpaired) electrons. The van der Waals surface area contributed by atoms with Crippen LogP contribution in [-0.2, 0) is 5.75 Å². The van der Waals surface area contributed by atoms with E-state index in [1.54, 1.807) is 0 Å². The van der Waals surface area contributed by atoms with Crippen molar-refractivity contribution < 1.29 is 0 Å². The molecule has 0 bridgehead atoms. The SMILES string of the molecule is CCNC(C)c1ccc(SCc2cncn2C2CC2)cc1. The lowest BCUT2D eigenvalue weighted by atomic mass is 10.1. The Hall–Kier alpha value is -1.26. The first-order chi connectivity index (χ1) is 10.3. The minimum atomic E-state index is 0.422. The Bertz CT molecular complexity index is 572. The zero-order valence-corrected chi connectivity index (χ0v) is 13.6. The van der Waals surface area contributed by atoms with Crippen LogP contribution in [0.4, 0.5) is 0 Å². The quantitative estimate of drug-likeness (QED) is 0.778. The molecule has 1 aliphatic carbocycles. The van der Waals surface area contributed by atoms with Crippen LogP contribution in [0.2, 0.25) is 0 Å². The highest BCUT2D eigenvalue weighted by atomic mass is 32.2. The Kier molecular flexibility index (Phi) is 4.66. The van der Waals surface area contributed by atoms with Crippen molar-refractivity contribution in [2.45, 2.75) is 49.4 Å². The molecule has 0 amide bonds. The van der Waals surface area contributed by atoms with Gasteiger partial charge in [0.2, 0.25) is 0 Å². The summed E-state index contributed by atoms with van der Waals surface area (Å²) in [7, 11) is 0. The Morgan fingerprint density at radius 1 is 1.33 bits per heavy atom. The van der Waals surface area contributed by atoms with E-state index in [9.17, 15) is 0 Å². The Balaban J connectivity index is 1.59. The molecule has 0 saturated heterocycles. The van der Waals surface area contributed by atoms with E-state index >= 15 is 0 Å². The molecule has 0 aliphatic heterocycles. The lowest BCUT2D eigenvalue weighted by molar-refractivity contribution is 0.598. The molecule has 1 N–H and O–H groups in total. The van der Waals surface area contributed by atoms with Gasteiger partial charge in [-0.15, -0.1) is 11.8 Å². The molecule has 3 nitrogen and oxygen atoms in total. The lowest BCUT2D eigenvalue weighted by Crippen LogP contribution is -2.17. The van der Waals surface area contributed by atoms with Gasteiger partial charge < -0.3 is 9.88 Å². The van der Waals surface area contributed by atoms with Crippen molar-refractivity contribution in [1.29, 1.82) is 0 Å². The zero-order chi connectivity index (χ0) is 14.7. The highest BCUT2D eigenvalue weighted by molar-refractivity contribution is 7.98. The fourth-order valence-corrected chi connectivity index (χ4v) is 3.43. The number of rotatable bonds is 7. The number of nitrogens with zero attached hydrogens (tertiary/aromatic N) is 2. The maximum absolute atomic E-state index is 4.29. The fraction of sp³-hybridized carbons (Fsp3) is 0.471. The Morgan fingerprint density at radius 2 is 2.10 bits per heavy atom. The van der Waals surface area contributed by atoms with E-state index in [2.05, 4.69) is 53.0 Å². The van der Waals surface area contributed by atoms with Gasteiger partial charge in [0.25, 0.3) is 0 Å². The molecule has 1 unspecified atom stereocenters. The van der Waals surface area contributed by atoms with Crippen molar-refractivity contribution >= 4 is 11.8 Å². The molecule has 21 heavy (non-hydrogen) atoms. The van der Waals surface area contributed by atoms with Gasteiger partial charge in [0.15, 0.2) is 0 Å². The summed E-state index contributed by atoms with van der Waals surface area (Å²) in [5, 5.41) is 3.44. The summed E-state index contributed by atoms with van der Waals surface area (Å²) in [6.07, 6.45) is 6.61. The molecule has 1 heterocycles. The molecule has 2 aromatic rings. The average Bonchev–Trinajstić information content (AvgIpc) is 3.24. The molecular formula is C17H23N3S. The number of hydrogen-bond donors (Lipinski definition) is 1. The van der Waals surface area contributed by atoms with Crippen molar-refractivity contribution in [2.75, 3.05) is 6.54 Å². The maximum atomic E-state index is 4.29. The van der Waals surface area contributed by atoms with Crippen LogP contribution in [0.3, 0.4) is 0 Å². The number of hydrogen-bond acceptors (Lipinski definition) is 3. The van der Waals surface area contributed by atoms with Crippen molar-refractivity contribution in [2.24, 2.45) is 0 Å². The average molecular weight is 301 g/mol. The number of nitrogens with one attached hydrogen (secondary N) is 1. The Morgan fingerprint density at radius 3 is 2.76 bits per heavy atom. The van der Waals surface area contributed by atoms with Crippen LogP contribution in [0.25, 0.3) is 0 Å². The van der Waals surface area contributed by atoms with Crippen LogP contribution in [0.15, 0.2) is 41.7 Å². The van der Waals surface area contributed by atoms with Crippen LogP contribution < -0.4 is 5.32 Å². The Labute approximate surface area is 131 Å². The van der Waals surface area contributed by atoms with Crippen LogP contribution in [0, 0.1) is 0 Å². The number of imidazole rings is 1. The first kappa shape index (κ1) is 14.7. The van der Waals surface area contributed by atoms with E-state index < -0.39 is 0 Å². The van der Waals surface area contributed by atoms with E-state index in [0.29, 0.717) is 12.1 Å². The largest absolute Gasteiger partial charge is 0.331 e. The summed E-state index contributed by atoms with van der Waals surface area (Å²) in [6.45, 7) is 5.35. The number of benzene rings is 1. The predicted octanol–water partition coefficient (Wildman–Crippen LogP) is 4.18. The number of aromatic nitrogens is 2. The topological polar surface area (TPSA) is 29.9 Å². The minimum Gasteiger partial charge on any atom is -0.331 e. The second-order valence-corrected chi connectivity index (χ2v) is 6.71. The molecule has 1 aromatic heterocycles. The summed E-state index contributed by atoms with van der Waals surface area (Å²) >= 11 is 1.89. The summed E-state index contributed by atoms with van der Waals surface area (Å²) in [5.41, 5.74) is 2.69. The smallest absolute Gasteiger partial charge is 0.0951 e. The molecular weight excluding hydrogens is 278 g/mol. The molecule has 1 atom stereocenters. The molecule has 3 rings (SSSR count). The van der Waals surface area contributed by atoms with Crippen molar-refractivity contribution in [3.8, 4) is 0 Å². The van der Waals surface area contributed by atoms with E-state index in [-0.39, 0.29) is 0 Å². The minimum absolute atomic E-state index is 0.422. The third-order valence-corrected chi connectivity index (χ3v) is 5.01. The summed E-state index contributed by atoms with van der Waals surface area (Å²) in [6, 6.07) is 10.1. The monoisotopic (exact) mass is 301 g/mol. The summed E-state index contributed by atoms with van der Waals surface area (Å²) < 4.78 is 2.34. The van der Waals surface area contributed by atoms with Crippen LogP contribution in [-0.4, -0.2) is 16.1 Å². The molecule has 1 aromatic carbocycles. The lowest BCUT2D eigenvalue weighted by Gasteiger charge is -2.13. The van der Waals surface area contributed by atoms with Crippen molar-refractivity contribution in [1.82, 2.24) is 14.9 Å². The maximum Gasteiger partial charge on any atom is 0.0951 e. The van der Waals surface area contributed by atoms with Gasteiger partial charge in [0.1, 0.15) is 0 Å². The van der Waals surface area contributed by atoms with Gasteiger partial charge in [-0.3, -0.25) is 0 Å². The third kappa shape index (κ3) is 3.69. The summed E-state index contributed by atoms with van der Waals surface area (Å²) in [5.74, 6) is 0.999. The molecule has 0 spiro atoms. The number of thioether (sulfide) groups is 1. The van der Waals surface area contributed by atoms with E-state index in [0.717, 1.165) is 12.3 Å². The van der Waals surface area contributed by atoms with Gasteiger partial charge in [0, 0.05) is 34.6 Å². The highest BCUT2D eigenvalue weighted by Crippen LogP contribution is 2.36. The van der Waals surface area contributed by atoms with Gasteiger partial charge in [-0.25, -0.2) is 4.98 Å². The fourth-order valence-electron chi connectivity index (χ4n) is 2.56. The molecule has 1 saturated carbocycles. The molecule has 1 aliphatic rings. The van der Waals surface area contributed by atoms with Gasteiger partial charge in [-0.2, -0.15) is 0 Å². The third-order valence-electron chi connectivity index (χ3n) is 3.96. The zero-order valence-electron chi connectivity index (χ0n) is 12.7. The van der Waals surface area contributed by atoms with E-state index in [1.165, 1.54) is 29.0 Å². The normalized spacial score (nSPS) is 16.1. The first-order valence-electron chi connectivity index (χ1n) is 7.74. The molecule has 4 heteroatoms. The second kappa shape index (κ2) is 6.67. The van der Waals surface area contributed by atoms with Gasteiger partial charge in [-0.1, -0.05) is 19.1 Å². The van der Waals surface area contributed by atoms with Crippen LogP contribution >= 0.6 is 11.8 Å². The van der Waals surface area contributed by atoms with E-state index in [1.807, 2.05) is 24.3 Å². The molecule has 112 valence electrons. The van der Waals surface area contributed by atoms with Gasteiger partial charge in [0.05, 0.1) is 6.33 Å². The first-order valence-corrected chi connectivity index (χ1v) is 8.73. The predicted molar refractivity (Wildman–Crippen MR) is 88.6 cm³/mol. The second-order valence-electron chi connectivity index (χ2n) is 5.66. The van der Waals surface area contributed by atoms with Gasteiger partial charge >= 0.3 is 0 Å². The van der Waals surface area contributed by atoms with Crippen LogP contribution in [0.5, 0.6) is 0 Å². The highest BCUT2D eigenvalue weighted by Gasteiger charge is 2.24. The van der Waals surface area contributed by atoms with E-state index in [4.69, 9.17) is 0 Å². The summed E-state index contributed by atoms with van der Waals surface area (Å²) in [4.78, 5) is 5.62. The van der Waals surface area contributed by atoms with Crippen molar-refractivity contribution in [3.63, 3.8) is 0 Å². The van der Waals surface area contributed by atoms with Crippen molar-refractivity contribution in [3.05, 3.63) is 48.0 Å². The van der Waals surface area contributed by atoms with Gasteiger partial charge in [-0.05, 0) is 44.0 Å². The van der Waals surface area contributed by atoms with Crippen LogP contribution in [0.1, 0.15) is 50.0 Å². The standard InChI is InChI=1S/C17H23N3S/c1-3-19-13(2)14-4-8-17(9-5-14)21-11-16-10-18-12-20(16)15-6-7-15/h4-5,8-10,12-13,15,19H,3,6-7,11H2,1-2H3.